The maximum absolute atomic E-state index is 12.6. The highest BCUT2D eigenvalue weighted by molar-refractivity contribution is 6.05. The number of ether oxygens (including phenoxy) is 1. The van der Waals surface area contributed by atoms with Crippen LogP contribution in [-0.2, 0) is 6.54 Å². The molecule has 1 aromatic heterocycles. The molecule has 3 aromatic rings. The number of benzene rings is 2. The molecule has 0 spiro atoms. The number of amides is 1. The van der Waals surface area contributed by atoms with Crippen molar-refractivity contribution in [3.63, 3.8) is 0 Å². The quantitative estimate of drug-likeness (QED) is 0.479. The first kappa shape index (κ1) is 20.1. The summed E-state index contributed by atoms with van der Waals surface area (Å²) in [5.74, 6) is 0.445. The van der Waals surface area contributed by atoms with Crippen LogP contribution in [-0.4, -0.2) is 20.6 Å². The molecule has 150 valence electrons. The minimum Gasteiger partial charge on any atom is -0.457 e. The van der Waals surface area contributed by atoms with E-state index in [1.807, 2.05) is 39.0 Å². The molecule has 1 amide bonds. The lowest BCUT2D eigenvalue weighted by atomic mass is 10.1. The van der Waals surface area contributed by atoms with Crippen LogP contribution >= 0.6 is 0 Å². The van der Waals surface area contributed by atoms with Gasteiger partial charge in [-0.3, -0.25) is 19.6 Å². The van der Waals surface area contributed by atoms with E-state index >= 15 is 0 Å². The molecule has 1 heterocycles. The first-order valence-electron chi connectivity index (χ1n) is 9.16. The van der Waals surface area contributed by atoms with Crippen LogP contribution in [0.2, 0.25) is 0 Å². The van der Waals surface area contributed by atoms with Gasteiger partial charge in [0.25, 0.3) is 11.6 Å². The van der Waals surface area contributed by atoms with E-state index in [0.29, 0.717) is 23.6 Å². The second-order valence-electron chi connectivity index (χ2n) is 6.84. The first-order chi connectivity index (χ1) is 13.7. The van der Waals surface area contributed by atoms with Gasteiger partial charge in [0.15, 0.2) is 0 Å². The van der Waals surface area contributed by atoms with Gasteiger partial charge in [0.1, 0.15) is 11.5 Å². The standard InChI is InChI=1S/C21H22N4O4/c1-5-24-12-20(15(4)23-24)21(26)22-16-9-17(25(27)28)11-19(10-16)29-18-7-13(2)6-14(3)8-18/h6-12H,5H2,1-4H3,(H,22,26). The van der Waals surface area contributed by atoms with E-state index < -0.39 is 4.92 Å². The molecule has 1 N–H and O–H groups in total. The predicted octanol–water partition coefficient (Wildman–Crippen LogP) is 4.78. The van der Waals surface area contributed by atoms with Gasteiger partial charge in [-0.15, -0.1) is 0 Å². The number of aromatic nitrogens is 2. The lowest BCUT2D eigenvalue weighted by molar-refractivity contribution is -0.384. The van der Waals surface area contributed by atoms with Gasteiger partial charge in [0.05, 0.1) is 27.9 Å². The molecule has 0 aliphatic carbocycles. The monoisotopic (exact) mass is 394 g/mol. The summed E-state index contributed by atoms with van der Waals surface area (Å²) in [7, 11) is 0. The Morgan fingerprint density at radius 3 is 2.34 bits per heavy atom. The molecule has 0 unspecified atom stereocenters. The Hall–Kier alpha value is -3.68. The zero-order valence-corrected chi connectivity index (χ0v) is 16.7. The molecular formula is C21H22N4O4. The first-order valence-corrected chi connectivity index (χ1v) is 9.16. The number of rotatable bonds is 6. The van der Waals surface area contributed by atoms with Crippen molar-refractivity contribution in [3.05, 3.63) is 75.1 Å². The maximum Gasteiger partial charge on any atom is 0.275 e. The molecule has 0 bridgehead atoms. The topological polar surface area (TPSA) is 99.3 Å². The Balaban J connectivity index is 1.91. The second-order valence-corrected chi connectivity index (χ2v) is 6.84. The minimum atomic E-state index is -0.523. The number of nitro groups is 1. The molecule has 0 saturated carbocycles. The summed E-state index contributed by atoms with van der Waals surface area (Å²) in [5, 5.41) is 18.3. The van der Waals surface area contributed by atoms with E-state index in [2.05, 4.69) is 10.4 Å². The van der Waals surface area contributed by atoms with Gasteiger partial charge in [0, 0.05) is 24.9 Å². The van der Waals surface area contributed by atoms with Crippen molar-refractivity contribution in [3.8, 4) is 11.5 Å². The number of hydrogen-bond acceptors (Lipinski definition) is 5. The van der Waals surface area contributed by atoms with Crippen molar-refractivity contribution < 1.29 is 14.5 Å². The van der Waals surface area contributed by atoms with Gasteiger partial charge in [0.2, 0.25) is 0 Å². The van der Waals surface area contributed by atoms with Gasteiger partial charge >= 0.3 is 0 Å². The van der Waals surface area contributed by atoms with Crippen molar-refractivity contribution in [1.29, 1.82) is 0 Å². The number of carbonyl (C=O) groups is 1. The SMILES string of the molecule is CCn1cc(C(=O)Nc2cc(Oc3cc(C)cc(C)c3)cc([N+](=O)[O-])c2)c(C)n1. The molecule has 29 heavy (non-hydrogen) atoms. The normalized spacial score (nSPS) is 10.6. The Morgan fingerprint density at radius 1 is 1.10 bits per heavy atom. The van der Waals surface area contributed by atoms with Crippen LogP contribution in [0.25, 0.3) is 0 Å². The van der Waals surface area contributed by atoms with E-state index in [0.717, 1.165) is 11.1 Å². The molecular weight excluding hydrogens is 372 g/mol. The fourth-order valence-corrected chi connectivity index (χ4v) is 3.05. The summed E-state index contributed by atoms with van der Waals surface area (Å²) < 4.78 is 7.49. The fraction of sp³-hybridized carbons (Fsp3) is 0.238. The number of anilines is 1. The van der Waals surface area contributed by atoms with Gasteiger partial charge in [-0.2, -0.15) is 5.10 Å². The maximum atomic E-state index is 12.6. The smallest absolute Gasteiger partial charge is 0.275 e. The number of carbonyl (C=O) groups excluding carboxylic acids is 1. The van der Waals surface area contributed by atoms with Crippen LogP contribution in [0.15, 0.2) is 42.6 Å². The highest BCUT2D eigenvalue weighted by Gasteiger charge is 2.17. The van der Waals surface area contributed by atoms with Gasteiger partial charge in [-0.05, 0) is 51.0 Å². The van der Waals surface area contributed by atoms with Crippen LogP contribution in [0.1, 0.15) is 34.1 Å². The van der Waals surface area contributed by atoms with Crippen molar-refractivity contribution in [2.75, 3.05) is 5.32 Å². The molecule has 2 aromatic carbocycles. The molecule has 0 atom stereocenters. The summed E-state index contributed by atoms with van der Waals surface area (Å²) in [6.07, 6.45) is 1.65. The molecule has 0 fully saturated rings. The fourth-order valence-electron chi connectivity index (χ4n) is 3.05. The van der Waals surface area contributed by atoms with Crippen LogP contribution in [0.3, 0.4) is 0 Å². The summed E-state index contributed by atoms with van der Waals surface area (Å²) in [6.45, 7) is 8.18. The van der Waals surface area contributed by atoms with E-state index in [-0.39, 0.29) is 23.0 Å². The van der Waals surface area contributed by atoms with Gasteiger partial charge < -0.3 is 10.1 Å². The van der Waals surface area contributed by atoms with E-state index in [1.54, 1.807) is 23.9 Å². The third-order valence-electron chi connectivity index (χ3n) is 4.31. The second kappa shape index (κ2) is 8.14. The largest absolute Gasteiger partial charge is 0.457 e. The Morgan fingerprint density at radius 2 is 1.76 bits per heavy atom. The third kappa shape index (κ3) is 4.78. The molecule has 8 nitrogen and oxygen atoms in total. The molecule has 8 heteroatoms. The zero-order valence-electron chi connectivity index (χ0n) is 16.7. The highest BCUT2D eigenvalue weighted by atomic mass is 16.6. The lowest BCUT2D eigenvalue weighted by Gasteiger charge is -2.10. The highest BCUT2D eigenvalue weighted by Crippen LogP contribution is 2.31. The van der Waals surface area contributed by atoms with E-state index in [1.165, 1.54) is 12.1 Å². The average Bonchev–Trinajstić information content (AvgIpc) is 3.01. The Kier molecular flexibility index (Phi) is 5.63. The molecule has 3 rings (SSSR count). The van der Waals surface area contributed by atoms with Crippen molar-refractivity contribution in [2.45, 2.75) is 34.2 Å². The summed E-state index contributed by atoms with van der Waals surface area (Å²) in [4.78, 5) is 23.4. The predicted molar refractivity (Wildman–Crippen MR) is 110 cm³/mol. The van der Waals surface area contributed by atoms with E-state index in [9.17, 15) is 14.9 Å². The lowest BCUT2D eigenvalue weighted by Crippen LogP contribution is -2.12. The number of non-ortho nitro benzene ring substituents is 1. The van der Waals surface area contributed by atoms with Crippen LogP contribution in [0.5, 0.6) is 11.5 Å². The third-order valence-corrected chi connectivity index (χ3v) is 4.31. The number of aryl methyl sites for hydroxylation is 4. The van der Waals surface area contributed by atoms with Crippen molar-refractivity contribution in [2.24, 2.45) is 0 Å². The average molecular weight is 394 g/mol. The number of hydrogen-bond donors (Lipinski definition) is 1. The summed E-state index contributed by atoms with van der Waals surface area (Å²) >= 11 is 0. The Bertz CT molecular complexity index is 1070. The van der Waals surface area contributed by atoms with E-state index in [4.69, 9.17) is 4.74 Å². The van der Waals surface area contributed by atoms with Crippen LogP contribution in [0.4, 0.5) is 11.4 Å². The molecule has 0 aliphatic rings. The van der Waals surface area contributed by atoms with Crippen molar-refractivity contribution in [1.82, 2.24) is 9.78 Å². The Labute approximate surface area is 168 Å². The van der Waals surface area contributed by atoms with Gasteiger partial charge in [-0.1, -0.05) is 6.07 Å². The zero-order chi connectivity index (χ0) is 21.1. The van der Waals surface area contributed by atoms with Gasteiger partial charge in [-0.25, -0.2) is 0 Å². The van der Waals surface area contributed by atoms with Crippen LogP contribution in [0, 0.1) is 30.9 Å². The van der Waals surface area contributed by atoms with Crippen LogP contribution < -0.4 is 10.1 Å². The minimum absolute atomic E-state index is 0.178. The molecule has 0 aliphatic heterocycles. The molecule has 0 saturated heterocycles. The number of nitrogens with zero attached hydrogens (tertiary/aromatic N) is 3. The van der Waals surface area contributed by atoms with Crippen molar-refractivity contribution >= 4 is 17.3 Å². The summed E-state index contributed by atoms with van der Waals surface area (Å²) in [5.41, 5.74) is 3.12. The summed E-state index contributed by atoms with van der Waals surface area (Å²) in [6, 6.07) is 9.87. The number of nitrogens with one attached hydrogen (secondary N) is 1. The molecule has 0 radical (unpaired) electrons. The number of nitro benzene ring substituents is 1.